The number of para-hydroxylation sites is 1. The Labute approximate surface area is 132 Å². The summed E-state index contributed by atoms with van der Waals surface area (Å²) in [5.74, 6) is 1.85. The molecular formula is C16H14N4O3. The van der Waals surface area contributed by atoms with E-state index in [-0.39, 0.29) is 11.6 Å². The molecule has 0 aliphatic heterocycles. The van der Waals surface area contributed by atoms with E-state index in [0.29, 0.717) is 28.7 Å². The number of fused-ring (bicyclic) bond motifs is 1. The Balaban J connectivity index is 1.90. The molecule has 0 aliphatic rings. The van der Waals surface area contributed by atoms with Crippen LogP contribution in [0.3, 0.4) is 0 Å². The van der Waals surface area contributed by atoms with Gasteiger partial charge in [0.15, 0.2) is 23.0 Å². The van der Waals surface area contributed by atoms with Gasteiger partial charge >= 0.3 is 0 Å². The Hall–Kier alpha value is -3.27. The van der Waals surface area contributed by atoms with Crippen LogP contribution in [0.15, 0.2) is 38.2 Å². The molecule has 3 rings (SSSR count). The normalized spacial score (nSPS) is 11.5. The monoisotopic (exact) mass is 310 g/mol. The van der Waals surface area contributed by atoms with E-state index in [1.165, 1.54) is 0 Å². The van der Waals surface area contributed by atoms with Crippen LogP contribution >= 0.6 is 0 Å². The lowest BCUT2D eigenvalue weighted by Crippen LogP contribution is -1.98. The number of anilines is 1. The first-order valence-electron chi connectivity index (χ1n) is 6.87. The van der Waals surface area contributed by atoms with E-state index in [2.05, 4.69) is 15.5 Å². The maximum atomic E-state index is 8.97. The lowest BCUT2D eigenvalue weighted by Gasteiger charge is -1.99. The minimum Gasteiger partial charge on any atom is -0.493 e. The van der Waals surface area contributed by atoms with Crippen molar-refractivity contribution >= 4 is 22.6 Å². The van der Waals surface area contributed by atoms with E-state index in [4.69, 9.17) is 18.8 Å². The standard InChI is InChI=1S/C16H14N4O3/c1-9(19-20-16-12(8-17)18-10(2)22-16)14-7-11-5-4-6-13(21-3)15(11)23-14/h4-7,20H,1-3H3. The first-order valence-corrected chi connectivity index (χ1v) is 6.87. The van der Waals surface area contributed by atoms with Gasteiger partial charge < -0.3 is 13.6 Å². The van der Waals surface area contributed by atoms with Gasteiger partial charge in [-0.05, 0) is 19.1 Å². The molecule has 1 aromatic carbocycles. The second-order valence-corrected chi connectivity index (χ2v) is 4.82. The van der Waals surface area contributed by atoms with Gasteiger partial charge in [-0.3, -0.25) is 0 Å². The minimum atomic E-state index is 0.158. The first-order chi connectivity index (χ1) is 11.1. The van der Waals surface area contributed by atoms with E-state index < -0.39 is 0 Å². The molecule has 0 fully saturated rings. The van der Waals surface area contributed by atoms with Crippen molar-refractivity contribution in [3.05, 3.63) is 41.6 Å². The van der Waals surface area contributed by atoms with Gasteiger partial charge in [-0.25, -0.2) is 10.4 Å². The van der Waals surface area contributed by atoms with Crippen LogP contribution in [0.1, 0.15) is 24.3 Å². The molecule has 1 N–H and O–H groups in total. The van der Waals surface area contributed by atoms with Crippen LogP contribution in [0.25, 0.3) is 11.0 Å². The molecule has 0 saturated heterocycles. The van der Waals surface area contributed by atoms with Crippen molar-refractivity contribution in [2.75, 3.05) is 12.5 Å². The fourth-order valence-corrected chi connectivity index (χ4v) is 2.14. The van der Waals surface area contributed by atoms with Crippen LogP contribution in [0.4, 0.5) is 5.88 Å². The van der Waals surface area contributed by atoms with Crippen LogP contribution in [0.5, 0.6) is 5.75 Å². The lowest BCUT2D eigenvalue weighted by atomic mass is 10.2. The zero-order chi connectivity index (χ0) is 16.4. The number of aromatic nitrogens is 1. The van der Waals surface area contributed by atoms with Gasteiger partial charge in [0.25, 0.3) is 5.88 Å². The van der Waals surface area contributed by atoms with E-state index in [0.717, 1.165) is 5.39 Å². The van der Waals surface area contributed by atoms with Crippen molar-refractivity contribution in [2.45, 2.75) is 13.8 Å². The summed E-state index contributed by atoms with van der Waals surface area (Å²) in [5.41, 5.74) is 4.12. The molecule has 0 aliphatic carbocycles. The Morgan fingerprint density at radius 1 is 1.39 bits per heavy atom. The molecule has 0 bridgehead atoms. The van der Waals surface area contributed by atoms with Crippen LogP contribution in [0, 0.1) is 18.3 Å². The summed E-state index contributed by atoms with van der Waals surface area (Å²) in [6, 6.07) is 9.46. The van der Waals surface area contributed by atoms with Gasteiger partial charge in [0.1, 0.15) is 11.8 Å². The molecule has 0 unspecified atom stereocenters. The van der Waals surface area contributed by atoms with Gasteiger partial charge in [-0.2, -0.15) is 10.4 Å². The number of rotatable bonds is 4. The molecule has 0 spiro atoms. The number of nitrogens with zero attached hydrogens (tertiary/aromatic N) is 3. The Morgan fingerprint density at radius 3 is 2.96 bits per heavy atom. The second-order valence-electron chi connectivity index (χ2n) is 4.82. The van der Waals surface area contributed by atoms with Gasteiger partial charge in [0.05, 0.1) is 7.11 Å². The van der Waals surface area contributed by atoms with E-state index in [1.54, 1.807) is 21.0 Å². The topological polar surface area (TPSA) is 96.6 Å². The molecule has 7 nitrogen and oxygen atoms in total. The fraction of sp³-hybridized carbons (Fsp3) is 0.188. The van der Waals surface area contributed by atoms with Crippen LogP contribution in [-0.4, -0.2) is 17.8 Å². The van der Waals surface area contributed by atoms with Gasteiger partial charge in [-0.1, -0.05) is 12.1 Å². The predicted molar refractivity (Wildman–Crippen MR) is 84.6 cm³/mol. The van der Waals surface area contributed by atoms with Crippen molar-refractivity contribution in [1.29, 1.82) is 5.26 Å². The smallest absolute Gasteiger partial charge is 0.252 e. The SMILES string of the molecule is COc1cccc2cc(C(C)=NNc3oc(C)nc3C#N)oc12. The largest absolute Gasteiger partial charge is 0.493 e. The van der Waals surface area contributed by atoms with Crippen molar-refractivity contribution in [3.63, 3.8) is 0 Å². The van der Waals surface area contributed by atoms with Crippen LogP contribution in [0.2, 0.25) is 0 Å². The van der Waals surface area contributed by atoms with E-state index in [1.807, 2.05) is 30.3 Å². The number of ether oxygens (including phenoxy) is 1. The molecule has 0 atom stereocenters. The Morgan fingerprint density at radius 2 is 2.22 bits per heavy atom. The summed E-state index contributed by atoms with van der Waals surface area (Å²) >= 11 is 0. The summed E-state index contributed by atoms with van der Waals surface area (Å²) in [7, 11) is 1.59. The molecule has 2 aromatic heterocycles. The molecule has 2 heterocycles. The van der Waals surface area contributed by atoms with Crippen molar-refractivity contribution in [2.24, 2.45) is 5.10 Å². The summed E-state index contributed by atoms with van der Waals surface area (Å²) in [6.45, 7) is 3.45. The van der Waals surface area contributed by atoms with Crippen LogP contribution in [-0.2, 0) is 0 Å². The van der Waals surface area contributed by atoms with E-state index in [9.17, 15) is 0 Å². The molecule has 3 aromatic rings. The van der Waals surface area contributed by atoms with Gasteiger partial charge in [0.2, 0.25) is 5.69 Å². The second kappa shape index (κ2) is 5.85. The number of nitrogens with one attached hydrogen (secondary N) is 1. The molecule has 7 heteroatoms. The number of nitriles is 1. The van der Waals surface area contributed by atoms with Crippen molar-refractivity contribution in [1.82, 2.24) is 4.98 Å². The minimum absolute atomic E-state index is 0.158. The quantitative estimate of drug-likeness (QED) is 0.585. The molecule has 116 valence electrons. The molecular weight excluding hydrogens is 296 g/mol. The number of hydrogen-bond donors (Lipinski definition) is 1. The Bertz CT molecular complexity index is 931. The lowest BCUT2D eigenvalue weighted by molar-refractivity contribution is 0.410. The number of methoxy groups -OCH3 is 1. The van der Waals surface area contributed by atoms with Gasteiger partial charge in [0, 0.05) is 12.3 Å². The predicted octanol–water partition coefficient (Wildman–Crippen LogP) is 3.45. The average Bonchev–Trinajstić information content (AvgIpc) is 3.15. The summed E-state index contributed by atoms with van der Waals surface area (Å²) in [4.78, 5) is 3.94. The summed E-state index contributed by atoms with van der Waals surface area (Å²) < 4.78 is 16.4. The third-order valence-electron chi connectivity index (χ3n) is 3.25. The highest BCUT2D eigenvalue weighted by Gasteiger charge is 2.12. The number of oxazole rings is 1. The zero-order valence-corrected chi connectivity index (χ0v) is 12.9. The number of aryl methyl sites for hydroxylation is 1. The number of hydrogen-bond acceptors (Lipinski definition) is 7. The molecule has 0 radical (unpaired) electrons. The van der Waals surface area contributed by atoms with Crippen molar-refractivity contribution in [3.8, 4) is 11.8 Å². The third kappa shape index (κ3) is 2.74. The zero-order valence-electron chi connectivity index (χ0n) is 12.9. The van der Waals surface area contributed by atoms with E-state index >= 15 is 0 Å². The highest BCUT2D eigenvalue weighted by atomic mass is 16.5. The number of hydrazone groups is 1. The highest BCUT2D eigenvalue weighted by Crippen LogP contribution is 2.28. The van der Waals surface area contributed by atoms with Gasteiger partial charge in [-0.15, -0.1) is 0 Å². The molecule has 0 saturated carbocycles. The average molecular weight is 310 g/mol. The third-order valence-corrected chi connectivity index (χ3v) is 3.25. The van der Waals surface area contributed by atoms with Crippen molar-refractivity contribution < 1.29 is 13.6 Å². The maximum absolute atomic E-state index is 8.97. The summed E-state index contributed by atoms with van der Waals surface area (Å²) in [6.07, 6.45) is 0. The Kier molecular flexibility index (Phi) is 3.73. The fourth-order valence-electron chi connectivity index (χ4n) is 2.14. The number of furan rings is 1. The molecule has 23 heavy (non-hydrogen) atoms. The number of benzene rings is 1. The molecule has 0 amide bonds. The first kappa shape index (κ1) is 14.7. The summed E-state index contributed by atoms with van der Waals surface area (Å²) in [5, 5.41) is 14.1. The highest BCUT2D eigenvalue weighted by molar-refractivity contribution is 6.00. The van der Waals surface area contributed by atoms with Crippen LogP contribution < -0.4 is 10.2 Å². The maximum Gasteiger partial charge on any atom is 0.252 e.